The van der Waals surface area contributed by atoms with Crippen molar-refractivity contribution in [3.05, 3.63) is 49.9 Å². The minimum absolute atomic E-state index is 0.151. The Balaban J connectivity index is 1.67. The maximum Gasteiger partial charge on any atom is 0.378 e. The second-order valence-corrected chi connectivity index (χ2v) is 7.62. The first-order valence-electron chi connectivity index (χ1n) is 7.88. The Morgan fingerprint density at radius 2 is 1.78 bits per heavy atom. The molecule has 3 rings (SSSR count). The van der Waals surface area contributed by atoms with Gasteiger partial charge in [-0.25, -0.2) is 14.3 Å². The standard InChI is InChI=1S/C17H15Br2N5O3/c1-8-4-11(18)14(12(19)5-8)21-13(25)7-27-16(26)15-22-17-20-9(2)6-10(3)24(17)23-15/h4-6H,7H2,1-3H3,(H,21,25). The molecule has 8 nitrogen and oxygen atoms in total. The predicted octanol–water partition coefficient (Wildman–Crippen LogP) is 3.37. The van der Waals surface area contributed by atoms with Gasteiger partial charge in [0.1, 0.15) is 0 Å². The summed E-state index contributed by atoms with van der Waals surface area (Å²) in [5.41, 5.74) is 3.13. The zero-order valence-corrected chi connectivity index (χ0v) is 17.9. The van der Waals surface area contributed by atoms with Gasteiger partial charge in [-0.3, -0.25) is 4.79 Å². The topological polar surface area (TPSA) is 98.5 Å². The van der Waals surface area contributed by atoms with E-state index in [0.717, 1.165) is 17.0 Å². The number of carbonyl (C=O) groups is 2. The molecule has 0 aliphatic carbocycles. The molecule has 0 fully saturated rings. The summed E-state index contributed by atoms with van der Waals surface area (Å²) in [5, 5.41) is 6.76. The van der Waals surface area contributed by atoms with Crippen LogP contribution in [0.15, 0.2) is 27.1 Å². The molecule has 2 heterocycles. The van der Waals surface area contributed by atoms with E-state index in [-0.39, 0.29) is 5.82 Å². The number of amides is 1. The number of hydrogen-bond donors (Lipinski definition) is 1. The fraction of sp³-hybridized carbons (Fsp3) is 0.235. The number of benzene rings is 1. The lowest BCUT2D eigenvalue weighted by atomic mass is 10.2. The van der Waals surface area contributed by atoms with Gasteiger partial charge < -0.3 is 10.1 Å². The Hall–Kier alpha value is -2.33. The molecule has 0 saturated carbocycles. The highest BCUT2D eigenvalue weighted by Gasteiger charge is 2.18. The first-order chi connectivity index (χ1) is 12.7. The minimum atomic E-state index is -0.797. The van der Waals surface area contributed by atoms with E-state index in [2.05, 4.69) is 52.2 Å². The summed E-state index contributed by atoms with van der Waals surface area (Å²) in [7, 11) is 0. The smallest absolute Gasteiger partial charge is 0.378 e. The Morgan fingerprint density at radius 3 is 2.44 bits per heavy atom. The van der Waals surface area contributed by atoms with Crippen molar-refractivity contribution in [3.63, 3.8) is 0 Å². The summed E-state index contributed by atoms with van der Waals surface area (Å²) < 4.78 is 7.90. The summed E-state index contributed by atoms with van der Waals surface area (Å²) in [5.74, 6) is -1.13. The SMILES string of the molecule is Cc1cc(Br)c(NC(=O)COC(=O)c2nc3nc(C)cc(C)n3n2)c(Br)c1. The van der Waals surface area contributed by atoms with Crippen molar-refractivity contribution in [1.82, 2.24) is 19.6 Å². The molecule has 0 spiro atoms. The predicted molar refractivity (Wildman–Crippen MR) is 106 cm³/mol. The fourth-order valence-electron chi connectivity index (χ4n) is 2.44. The normalized spacial score (nSPS) is 10.9. The van der Waals surface area contributed by atoms with Gasteiger partial charge in [-0.1, -0.05) is 0 Å². The molecule has 1 amide bonds. The van der Waals surface area contributed by atoms with Crippen molar-refractivity contribution in [2.45, 2.75) is 20.8 Å². The molecule has 0 aliphatic heterocycles. The van der Waals surface area contributed by atoms with Crippen molar-refractivity contribution in [2.24, 2.45) is 0 Å². The highest BCUT2D eigenvalue weighted by Crippen LogP contribution is 2.32. The Morgan fingerprint density at radius 1 is 1.11 bits per heavy atom. The van der Waals surface area contributed by atoms with Crippen molar-refractivity contribution >= 4 is 55.2 Å². The fourth-order valence-corrected chi connectivity index (χ4v) is 4.06. The molecule has 0 unspecified atom stereocenters. The molecule has 140 valence electrons. The summed E-state index contributed by atoms with van der Waals surface area (Å²) in [4.78, 5) is 32.5. The molecule has 1 aromatic carbocycles. The molecule has 0 bridgehead atoms. The van der Waals surface area contributed by atoms with Crippen molar-refractivity contribution in [2.75, 3.05) is 11.9 Å². The molecule has 10 heteroatoms. The molecule has 1 N–H and O–H groups in total. The van der Waals surface area contributed by atoms with Crippen LogP contribution in [0.1, 0.15) is 27.6 Å². The van der Waals surface area contributed by atoms with Gasteiger partial charge in [-0.05, 0) is 76.4 Å². The average Bonchev–Trinajstić information content (AvgIpc) is 3.00. The molecule has 2 aromatic heterocycles. The maximum absolute atomic E-state index is 12.2. The lowest BCUT2D eigenvalue weighted by Crippen LogP contribution is -2.22. The van der Waals surface area contributed by atoms with Crippen molar-refractivity contribution in [1.29, 1.82) is 0 Å². The zero-order chi connectivity index (χ0) is 19.7. The highest BCUT2D eigenvalue weighted by atomic mass is 79.9. The first-order valence-corrected chi connectivity index (χ1v) is 9.47. The minimum Gasteiger partial charge on any atom is -0.450 e. The van der Waals surface area contributed by atoms with Crippen LogP contribution < -0.4 is 5.32 Å². The quantitative estimate of drug-likeness (QED) is 0.556. The molecule has 0 aliphatic rings. The number of halogens is 2. The maximum atomic E-state index is 12.2. The summed E-state index contributed by atoms with van der Waals surface area (Å²) in [6, 6.07) is 5.55. The molecule has 3 aromatic rings. The van der Waals surface area contributed by atoms with Crippen molar-refractivity contribution < 1.29 is 14.3 Å². The van der Waals surface area contributed by atoms with Gasteiger partial charge in [-0.15, -0.1) is 5.10 Å². The van der Waals surface area contributed by atoms with Crippen LogP contribution in [0.2, 0.25) is 0 Å². The zero-order valence-electron chi connectivity index (χ0n) is 14.7. The van der Waals surface area contributed by atoms with Gasteiger partial charge in [0.05, 0.1) is 5.69 Å². The van der Waals surface area contributed by atoms with Crippen LogP contribution >= 0.6 is 31.9 Å². The van der Waals surface area contributed by atoms with Crippen LogP contribution in [-0.4, -0.2) is 38.1 Å². The van der Waals surface area contributed by atoms with E-state index in [1.54, 1.807) is 0 Å². The molecule has 0 atom stereocenters. The number of carbonyl (C=O) groups excluding carboxylic acids is 2. The van der Waals surface area contributed by atoms with Crippen LogP contribution in [0.4, 0.5) is 5.69 Å². The van der Waals surface area contributed by atoms with Crippen LogP contribution in [-0.2, 0) is 9.53 Å². The number of aryl methyl sites for hydroxylation is 3. The number of anilines is 1. The van der Waals surface area contributed by atoms with E-state index >= 15 is 0 Å². The average molecular weight is 497 g/mol. The second-order valence-electron chi connectivity index (χ2n) is 5.91. The van der Waals surface area contributed by atoms with E-state index in [1.165, 1.54) is 4.52 Å². The number of aromatic nitrogens is 4. The van der Waals surface area contributed by atoms with Crippen LogP contribution in [0, 0.1) is 20.8 Å². The van der Waals surface area contributed by atoms with Crippen LogP contribution in [0.25, 0.3) is 5.78 Å². The van der Waals surface area contributed by atoms with Crippen LogP contribution in [0.3, 0.4) is 0 Å². The van der Waals surface area contributed by atoms with Crippen molar-refractivity contribution in [3.8, 4) is 0 Å². The summed E-state index contributed by atoms with van der Waals surface area (Å²) in [6.45, 7) is 5.12. The molecular formula is C17H15Br2N5O3. The van der Waals surface area contributed by atoms with Crippen LogP contribution in [0.5, 0.6) is 0 Å². The Bertz CT molecular complexity index is 1040. The van der Waals surface area contributed by atoms with Gasteiger partial charge in [0, 0.05) is 20.3 Å². The summed E-state index contributed by atoms with van der Waals surface area (Å²) >= 11 is 6.79. The van der Waals surface area contributed by atoms with E-state index in [9.17, 15) is 9.59 Å². The second kappa shape index (κ2) is 7.73. The van der Waals surface area contributed by atoms with Gasteiger partial charge in [0.15, 0.2) is 6.61 Å². The Kier molecular flexibility index (Phi) is 5.56. The number of esters is 1. The monoisotopic (exact) mass is 495 g/mol. The number of nitrogens with one attached hydrogen (secondary N) is 1. The lowest BCUT2D eigenvalue weighted by Gasteiger charge is -2.10. The van der Waals surface area contributed by atoms with Gasteiger partial charge in [0.25, 0.3) is 17.5 Å². The first kappa shape index (κ1) is 19.4. The Labute approximate surface area is 171 Å². The highest BCUT2D eigenvalue weighted by molar-refractivity contribution is 9.11. The van der Waals surface area contributed by atoms with Gasteiger partial charge in [0.2, 0.25) is 0 Å². The van der Waals surface area contributed by atoms with Gasteiger partial charge >= 0.3 is 5.97 Å². The summed E-state index contributed by atoms with van der Waals surface area (Å²) in [6.07, 6.45) is 0. The lowest BCUT2D eigenvalue weighted by molar-refractivity contribution is -0.119. The number of fused-ring (bicyclic) bond motifs is 1. The largest absolute Gasteiger partial charge is 0.450 e. The van der Waals surface area contributed by atoms with Gasteiger partial charge in [-0.2, -0.15) is 4.98 Å². The third-order valence-electron chi connectivity index (χ3n) is 3.59. The molecular weight excluding hydrogens is 482 g/mol. The van der Waals surface area contributed by atoms with E-state index in [1.807, 2.05) is 39.0 Å². The van der Waals surface area contributed by atoms with E-state index < -0.39 is 18.5 Å². The third kappa shape index (κ3) is 4.33. The molecule has 0 saturated heterocycles. The van der Waals surface area contributed by atoms with E-state index in [0.29, 0.717) is 20.4 Å². The third-order valence-corrected chi connectivity index (χ3v) is 4.84. The number of ether oxygens (including phenoxy) is 1. The number of nitrogens with zero attached hydrogens (tertiary/aromatic N) is 4. The number of rotatable bonds is 4. The number of hydrogen-bond acceptors (Lipinski definition) is 6. The molecule has 0 radical (unpaired) electrons. The molecule has 27 heavy (non-hydrogen) atoms. The van der Waals surface area contributed by atoms with E-state index in [4.69, 9.17) is 4.74 Å².